The maximum Gasteiger partial charge on any atom is 0.331 e. The summed E-state index contributed by atoms with van der Waals surface area (Å²) >= 11 is 0. The zero-order valence-electron chi connectivity index (χ0n) is 9.17. The molecule has 0 unspecified atom stereocenters. The molecule has 5 heteroatoms. The molecule has 0 saturated heterocycles. The minimum atomic E-state index is -0.874. The van der Waals surface area contributed by atoms with Crippen LogP contribution in [0.3, 0.4) is 0 Å². The van der Waals surface area contributed by atoms with Crippen molar-refractivity contribution < 1.29 is 14.7 Å². The van der Waals surface area contributed by atoms with E-state index >= 15 is 0 Å². The molecule has 0 saturated carbocycles. The molecule has 86 valence electrons. The smallest absolute Gasteiger partial charge is 0.331 e. The van der Waals surface area contributed by atoms with Crippen LogP contribution in [0.4, 0.5) is 0 Å². The normalized spacial score (nSPS) is 11.2. The average Bonchev–Trinajstić information content (AvgIpc) is 2.15. The number of carboxylic acid groups (broad SMARTS) is 1. The van der Waals surface area contributed by atoms with Crippen molar-refractivity contribution in [1.82, 2.24) is 10.6 Å². The second-order valence-electron chi connectivity index (χ2n) is 3.08. The summed E-state index contributed by atoms with van der Waals surface area (Å²) in [7, 11) is 0. The Labute approximate surface area is 89.6 Å². The summed E-state index contributed by atoms with van der Waals surface area (Å²) in [5.41, 5.74) is 0.405. The fourth-order valence-corrected chi connectivity index (χ4v) is 1.01. The lowest BCUT2D eigenvalue weighted by Gasteiger charge is -2.03. The molecule has 5 nitrogen and oxygen atoms in total. The monoisotopic (exact) mass is 214 g/mol. The predicted octanol–water partition coefficient (Wildman–Crippen LogP) is 0.133. The van der Waals surface area contributed by atoms with E-state index in [1.807, 2.05) is 0 Å². The van der Waals surface area contributed by atoms with E-state index in [0.717, 1.165) is 0 Å². The quantitative estimate of drug-likeness (QED) is 0.416. The Morgan fingerprint density at radius 2 is 2.00 bits per heavy atom. The van der Waals surface area contributed by atoms with Crippen molar-refractivity contribution in [2.75, 3.05) is 19.6 Å². The average molecular weight is 214 g/mol. The summed E-state index contributed by atoms with van der Waals surface area (Å²) in [6.07, 6.45) is 2.17. The molecule has 15 heavy (non-hydrogen) atoms. The molecule has 0 atom stereocenters. The summed E-state index contributed by atoms with van der Waals surface area (Å²) in [5.74, 6) is -0.937. The van der Waals surface area contributed by atoms with E-state index in [-0.39, 0.29) is 5.91 Å². The van der Waals surface area contributed by atoms with Crippen LogP contribution < -0.4 is 10.6 Å². The Morgan fingerprint density at radius 3 is 2.47 bits per heavy atom. The molecular formula is C10H18N2O3. The Hall–Kier alpha value is -1.36. The summed E-state index contributed by atoms with van der Waals surface area (Å²) in [6.45, 7) is 4.95. The first-order valence-electron chi connectivity index (χ1n) is 4.95. The van der Waals surface area contributed by atoms with Gasteiger partial charge < -0.3 is 15.7 Å². The van der Waals surface area contributed by atoms with E-state index in [0.29, 0.717) is 31.6 Å². The van der Waals surface area contributed by atoms with Gasteiger partial charge >= 0.3 is 5.97 Å². The van der Waals surface area contributed by atoms with Crippen LogP contribution in [0.15, 0.2) is 11.6 Å². The highest BCUT2D eigenvalue weighted by Gasteiger charge is 2.01. The Morgan fingerprint density at radius 1 is 1.33 bits per heavy atom. The van der Waals surface area contributed by atoms with Crippen LogP contribution in [0.2, 0.25) is 0 Å². The van der Waals surface area contributed by atoms with Gasteiger partial charge in [0, 0.05) is 32.1 Å². The molecule has 0 radical (unpaired) electrons. The number of nitrogens with one attached hydrogen (secondary N) is 2. The van der Waals surface area contributed by atoms with E-state index in [4.69, 9.17) is 5.11 Å². The summed E-state index contributed by atoms with van der Waals surface area (Å²) in [4.78, 5) is 21.1. The van der Waals surface area contributed by atoms with Crippen LogP contribution in [0.1, 0.15) is 20.3 Å². The standard InChI is InChI=1S/C10H18N2O3/c1-3-9(10(14)15)4-5-11-6-7-12-8(2)13/h4,11H,3,5-7H2,1-2H3,(H,12,13)(H,14,15). The van der Waals surface area contributed by atoms with Crippen LogP contribution in [-0.4, -0.2) is 36.6 Å². The lowest BCUT2D eigenvalue weighted by atomic mass is 10.2. The van der Waals surface area contributed by atoms with Crippen molar-refractivity contribution in [3.8, 4) is 0 Å². The number of hydrogen-bond donors (Lipinski definition) is 3. The molecule has 0 aromatic heterocycles. The van der Waals surface area contributed by atoms with Gasteiger partial charge in [-0.2, -0.15) is 0 Å². The highest BCUT2D eigenvalue weighted by atomic mass is 16.4. The lowest BCUT2D eigenvalue weighted by molar-refractivity contribution is -0.132. The minimum absolute atomic E-state index is 0.0628. The molecule has 0 aliphatic carbocycles. The zero-order chi connectivity index (χ0) is 11.7. The van der Waals surface area contributed by atoms with Crippen molar-refractivity contribution in [2.45, 2.75) is 20.3 Å². The van der Waals surface area contributed by atoms with Crippen LogP contribution in [0.5, 0.6) is 0 Å². The van der Waals surface area contributed by atoms with E-state index in [9.17, 15) is 9.59 Å². The van der Waals surface area contributed by atoms with Gasteiger partial charge in [0.1, 0.15) is 0 Å². The molecule has 0 spiro atoms. The number of amides is 1. The second-order valence-corrected chi connectivity index (χ2v) is 3.08. The number of carbonyl (C=O) groups excluding carboxylic acids is 1. The fraction of sp³-hybridized carbons (Fsp3) is 0.600. The predicted molar refractivity (Wildman–Crippen MR) is 57.6 cm³/mol. The van der Waals surface area contributed by atoms with Gasteiger partial charge in [-0.25, -0.2) is 4.79 Å². The van der Waals surface area contributed by atoms with E-state index < -0.39 is 5.97 Å². The molecule has 3 N–H and O–H groups in total. The molecule has 1 amide bonds. The van der Waals surface area contributed by atoms with Gasteiger partial charge in [-0.05, 0) is 6.42 Å². The van der Waals surface area contributed by atoms with Gasteiger partial charge in [0.15, 0.2) is 0 Å². The Balaban J connectivity index is 3.59. The van der Waals surface area contributed by atoms with Crippen LogP contribution >= 0.6 is 0 Å². The number of aliphatic carboxylic acids is 1. The first-order chi connectivity index (χ1) is 7.07. The number of rotatable bonds is 7. The molecule has 0 aromatic carbocycles. The van der Waals surface area contributed by atoms with Crippen LogP contribution in [-0.2, 0) is 9.59 Å². The maximum atomic E-state index is 10.6. The van der Waals surface area contributed by atoms with Crippen molar-refractivity contribution >= 4 is 11.9 Å². The first kappa shape index (κ1) is 13.6. The third kappa shape index (κ3) is 7.69. The third-order valence-electron chi connectivity index (χ3n) is 1.82. The molecule has 0 aliphatic rings. The number of hydrogen-bond acceptors (Lipinski definition) is 3. The highest BCUT2D eigenvalue weighted by molar-refractivity contribution is 5.86. The fourth-order valence-electron chi connectivity index (χ4n) is 1.01. The van der Waals surface area contributed by atoms with Crippen molar-refractivity contribution in [2.24, 2.45) is 0 Å². The maximum absolute atomic E-state index is 10.6. The van der Waals surface area contributed by atoms with Gasteiger partial charge in [0.25, 0.3) is 0 Å². The van der Waals surface area contributed by atoms with Gasteiger partial charge in [-0.1, -0.05) is 13.0 Å². The van der Waals surface area contributed by atoms with Gasteiger partial charge in [0.2, 0.25) is 5.91 Å². The molecule has 0 fully saturated rings. The van der Waals surface area contributed by atoms with Gasteiger partial charge in [-0.3, -0.25) is 4.79 Å². The zero-order valence-corrected chi connectivity index (χ0v) is 9.17. The molecule has 0 aliphatic heterocycles. The summed E-state index contributed by atoms with van der Waals surface area (Å²) < 4.78 is 0. The number of carbonyl (C=O) groups is 2. The molecule has 0 aromatic rings. The SMILES string of the molecule is CCC(=CCNCCNC(C)=O)C(=O)O. The number of carboxylic acids is 1. The van der Waals surface area contributed by atoms with Gasteiger partial charge in [0.05, 0.1) is 0 Å². The van der Waals surface area contributed by atoms with Crippen molar-refractivity contribution in [3.05, 3.63) is 11.6 Å². The van der Waals surface area contributed by atoms with E-state index in [2.05, 4.69) is 10.6 Å². The highest BCUT2D eigenvalue weighted by Crippen LogP contribution is 1.98. The van der Waals surface area contributed by atoms with Crippen molar-refractivity contribution in [3.63, 3.8) is 0 Å². The minimum Gasteiger partial charge on any atom is -0.478 e. The molecule has 0 bridgehead atoms. The lowest BCUT2D eigenvalue weighted by Crippen LogP contribution is -2.30. The summed E-state index contributed by atoms with van der Waals surface area (Å²) in [6, 6.07) is 0. The van der Waals surface area contributed by atoms with Crippen LogP contribution in [0.25, 0.3) is 0 Å². The topological polar surface area (TPSA) is 78.4 Å². The Kier molecular flexibility index (Phi) is 7.27. The first-order valence-corrected chi connectivity index (χ1v) is 4.95. The second kappa shape index (κ2) is 7.99. The summed E-state index contributed by atoms with van der Waals surface area (Å²) in [5, 5.41) is 14.3. The Bertz CT molecular complexity index is 249. The molecular weight excluding hydrogens is 196 g/mol. The van der Waals surface area contributed by atoms with E-state index in [1.54, 1.807) is 13.0 Å². The van der Waals surface area contributed by atoms with Crippen LogP contribution in [0, 0.1) is 0 Å². The largest absolute Gasteiger partial charge is 0.478 e. The van der Waals surface area contributed by atoms with Crippen molar-refractivity contribution in [1.29, 1.82) is 0 Å². The van der Waals surface area contributed by atoms with Gasteiger partial charge in [-0.15, -0.1) is 0 Å². The third-order valence-corrected chi connectivity index (χ3v) is 1.82. The molecule has 0 rings (SSSR count). The molecule has 0 heterocycles. The van der Waals surface area contributed by atoms with E-state index in [1.165, 1.54) is 6.92 Å².